The van der Waals surface area contributed by atoms with Gasteiger partial charge in [-0.25, -0.2) is 0 Å². The number of ether oxygens (including phenoxy) is 2. The van der Waals surface area contributed by atoms with Crippen LogP contribution in [0.5, 0.6) is 11.5 Å². The van der Waals surface area contributed by atoms with Gasteiger partial charge in [0.05, 0.1) is 20.6 Å². The molecule has 0 aliphatic rings. The first-order valence-electron chi connectivity index (χ1n) is 7.95. The number of rotatable bonds is 9. The molecule has 0 aromatic heterocycles. The summed E-state index contributed by atoms with van der Waals surface area (Å²) in [5.41, 5.74) is 0.0953. The topological polar surface area (TPSA) is 84.9 Å². The lowest BCUT2D eigenvalue weighted by molar-refractivity contribution is -0.139. The van der Waals surface area contributed by atoms with Gasteiger partial charge in [-0.15, -0.1) is 0 Å². The van der Waals surface area contributed by atoms with Crippen LogP contribution in [0.2, 0.25) is 0 Å². The van der Waals surface area contributed by atoms with Crippen molar-refractivity contribution in [2.45, 2.75) is 45.6 Å². The van der Waals surface area contributed by atoms with Crippen LogP contribution >= 0.6 is 0 Å². The molecule has 0 radical (unpaired) electrons. The van der Waals surface area contributed by atoms with Crippen molar-refractivity contribution < 1.29 is 24.2 Å². The zero-order valence-electron chi connectivity index (χ0n) is 15.0. The summed E-state index contributed by atoms with van der Waals surface area (Å²) in [5, 5.41) is 11.9. The minimum absolute atomic E-state index is 0.00362. The second kappa shape index (κ2) is 8.57. The van der Waals surface area contributed by atoms with Crippen LogP contribution in [0.4, 0.5) is 0 Å². The molecule has 0 aliphatic carbocycles. The smallest absolute Gasteiger partial charge is 0.305 e. The molecule has 24 heavy (non-hydrogen) atoms. The van der Waals surface area contributed by atoms with Crippen molar-refractivity contribution in [1.82, 2.24) is 5.32 Å². The van der Waals surface area contributed by atoms with Crippen LogP contribution in [-0.4, -0.2) is 36.7 Å². The van der Waals surface area contributed by atoms with Crippen LogP contribution in [0.25, 0.3) is 0 Å². The summed E-state index contributed by atoms with van der Waals surface area (Å²) in [6.07, 6.45) is 0.609. The zero-order valence-corrected chi connectivity index (χ0v) is 15.0. The van der Waals surface area contributed by atoms with E-state index in [1.807, 2.05) is 19.9 Å². The van der Waals surface area contributed by atoms with Crippen LogP contribution in [0, 0.1) is 5.92 Å². The summed E-state index contributed by atoms with van der Waals surface area (Å²) >= 11 is 0. The highest BCUT2D eigenvalue weighted by Crippen LogP contribution is 2.26. The molecule has 0 aliphatic heterocycles. The van der Waals surface area contributed by atoms with E-state index in [-0.39, 0.29) is 24.7 Å². The fourth-order valence-corrected chi connectivity index (χ4v) is 2.41. The highest BCUT2D eigenvalue weighted by Gasteiger charge is 2.32. The van der Waals surface area contributed by atoms with Gasteiger partial charge in [0.2, 0.25) is 5.91 Å². The molecule has 6 nitrogen and oxygen atoms in total. The molecule has 1 rings (SSSR count). The van der Waals surface area contributed by atoms with Crippen molar-refractivity contribution in [3.8, 4) is 11.5 Å². The van der Waals surface area contributed by atoms with Gasteiger partial charge in [-0.05, 0) is 43.0 Å². The van der Waals surface area contributed by atoms with E-state index in [0.29, 0.717) is 17.9 Å². The molecule has 134 valence electrons. The molecule has 6 heteroatoms. The monoisotopic (exact) mass is 337 g/mol. The predicted octanol–water partition coefficient (Wildman–Crippen LogP) is 2.64. The highest BCUT2D eigenvalue weighted by atomic mass is 16.5. The summed E-state index contributed by atoms with van der Waals surface area (Å²) < 4.78 is 10.5. The summed E-state index contributed by atoms with van der Waals surface area (Å²) in [5.74, 6) is 0.284. The average molecular weight is 337 g/mol. The minimum atomic E-state index is -0.930. The number of aliphatic carboxylic acids is 1. The number of amides is 1. The van der Waals surface area contributed by atoms with Crippen LogP contribution < -0.4 is 14.8 Å². The number of carboxylic acids is 1. The maximum atomic E-state index is 12.3. The van der Waals surface area contributed by atoms with Crippen molar-refractivity contribution in [2.75, 3.05) is 14.2 Å². The van der Waals surface area contributed by atoms with Crippen molar-refractivity contribution in [1.29, 1.82) is 0 Å². The molecule has 1 unspecified atom stereocenters. The Kier molecular flexibility index (Phi) is 7.07. The Labute approximate surface area is 143 Å². The summed E-state index contributed by atoms with van der Waals surface area (Å²) in [6, 6.07) is 5.44. The van der Waals surface area contributed by atoms with Crippen LogP contribution in [0.1, 0.15) is 39.2 Å². The number of carbonyl (C=O) groups excluding carboxylic acids is 1. The van der Waals surface area contributed by atoms with Crippen LogP contribution in [0.15, 0.2) is 18.2 Å². The summed E-state index contributed by atoms with van der Waals surface area (Å²) in [7, 11) is 3.16. The summed E-state index contributed by atoms with van der Waals surface area (Å²) in [4.78, 5) is 23.3. The highest BCUT2D eigenvalue weighted by molar-refractivity contribution is 5.78. The van der Waals surface area contributed by atoms with Gasteiger partial charge in [0.25, 0.3) is 0 Å². The molecule has 1 aromatic carbocycles. The lowest BCUT2D eigenvalue weighted by Gasteiger charge is -2.33. The molecule has 0 heterocycles. The van der Waals surface area contributed by atoms with Gasteiger partial charge in [-0.3, -0.25) is 9.59 Å². The first-order valence-corrected chi connectivity index (χ1v) is 7.95. The number of carbonyl (C=O) groups is 2. The molecule has 0 fully saturated rings. The SMILES string of the molecule is COc1ccc(OC)c(CCC(=O)NC(C)(CC(=O)O)C(C)C)c1. The zero-order chi connectivity index (χ0) is 18.3. The molecule has 0 saturated carbocycles. The maximum absolute atomic E-state index is 12.3. The number of methoxy groups -OCH3 is 2. The Morgan fingerprint density at radius 3 is 2.42 bits per heavy atom. The minimum Gasteiger partial charge on any atom is -0.497 e. The van der Waals surface area contributed by atoms with Gasteiger partial charge in [0, 0.05) is 12.0 Å². The third kappa shape index (κ3) is 5.44. The Bertz CT molecular complexity index is 585. The lowest BCUT2D eigenvalue weighted by atomic mass is 9.85. The van der Waals surface area contributed by atoms with E-state index in [1.165, 1.54) is 0 Å². The molecule has 1 aromatic rings. The van der Waals surface area contributed by atoms with Crippen molar-refractivity contribution in [3.63, 3.8) is 0 Å². The maximum Gasteiger partial charge on any atom is 0.305 e. The van der Waals surface area contributed by atoms with E-state index in [2.05, 4.69) is 5.32 Å². The van der Waals surface area contributed by atoms with Crippen molar-refractivity contribution in [3.05, 3.63) is 23.8 Å². The van der Waals surface area contributed by atoms with Gasteiger partial charge in [0.1, 0.15) is 11.5 Å². The third-order valence-electron chi connectivity index (χ3n) is 4.33. The van der Waals surface area contributed by atoms with E-state index in [1.54, 1.807) is 33.3 Å². The molecule has 0 bridgehead atoms. The van der Waals surface area contributed by atoms with Crippen LogP contribution in [0.3, 0.4) is 0 Å². The second-order valence-corrected chi connectivity index (χ2v) is 6.37. The van der Waals surface area contributed by atoms with E-state index in [9.17, 15) is 9.59 Å². The number of carboxylic acid groups (broad SMARTS) is 1. The molecule has 1 atom stereocenters. The Balaban J connectivity index is 2.76. The Morgan fingerprint density at radius 1 is 1.25 bits per heavy atom. The predicted molar refractivity (Wildman–Crippen MR) is 91.5 cm³/mol. The lowest BCUT2D eigenvalue weighted by Crippen LogP contribution is -2.51. The molecule has 0 spiro atoms. The first-order chi connectivity index (χ1) is 11.2. The van der Waals surface area contributed by atoms with E-state index < -0.39 is 11.5 Å². The average Bonchev–Trinajstić information content (AvgIpc) is 2.51. The van der Waals surface area contributed by atoms with Gasteiger partial charge >= 0.3 is 5.97 Å². The first kappa shape index (κ1) is 19.8. The fourth-order valence-electron chi connectivity index (χ4n) is 2.41. The molecular formula is C18H27NO5. The molecular weight excluding hydrogens is 310 g/mol. The summed E-state index contributed by atoms with van der Waals surface area (Å²) in [6.45, 7) is 5.55. The number of benzene rings is 1. The third-order valence-corrected chi connectivity index (χ3v) is 4.33. The largest absolute Gasteiger partial charge is 0.497 e. The van der Waals surface area contributed by atoms with Crippen molar-refractivity contribution >= 4 is 11.9 Å². The van der Waals surface area contributed by atoms with Gasteiger partial charge in [0.15, 0.2) is 0 Å². The Hall–Kier alpha value is -2.24. The van der Waals surface area contributed by atoms with E-state index >= 15 is 0 Å². The molecule has 2 N–H and O–H groups in total. The standard InChI is InChI=1S/C18H27NO5/c1-12(2)18(3,11-17(21)22)19-16(20)9-6-13-10-14(23-4)7-8-15(13)24-5/h7-8,10,12H,6,9,11H2,1-5H3,(H,19,20)(H,21,22). The van der Waals surface area contributed by atoms with E-state index in [0.717, 1.165) is 5.56 Å². The fraction of sp³-hybridized carbons (Fsp3) is 0.556. The quantitative estimate of drug-likeness (QED) is 0.723. The second-order valence-electron chi connectivity index (χ2n) is 6.37. The number of hydrogen-bond donors (Lipinski definition) is 2. The van der Waals surface area contributed by atoms with Gasteiger partial charge in [-0.2, -0.15) is 0 Å². The number of hydrogen-bond acceptors (Lipinski definition) is 4. The van der Waals surface area contributed by atoms with Crippen LogP contribution in [-0.2, 0) is 16.0 Å². The molecule has 1 amide bonds. The normalized spacial score (nSPS) is 13.2. The van der Waals surface area contributed by atoms with Gasteiger partial charge < -0.3 is 19.9 Å². The number of nitrogens with one attached hydrogen (secondary N) is 1. The molecule has 0 saturated heterocycles. The van der Waals surface area contributed by atoms with E-state index in [4.69, 9.17) is 14.6 Å². The van der Waals surface area contributed by atoms with Crippen molar-refractivity contribution in [2.24, 2.45) is 5.92 Å². The number of aryl methyl sites for hydroxylation is 1. The Morgan fingerprint density at radius 2 is 1.92 bits per heavy atom. The van der Waals surface area contributed by atoms with Gasteiger partial charge in [-0.1, -0.05) is 13.8 Å².